The van der Waals surface area contributed by atoms with Crippen molar-refractivity contribution in [2.24, 2.45) is 0 Å². The van der Waals surface area contributed by atoms with Crippen molar-refractivity contribution < 1.29 is 18.8 Å². The number of furan rings is 1. The predicted molar refractivity (Wildman–Crippen MR) is 69.9 cm³/mol. The van der Waals surface area contributed by atoms with Crippen LogP contribution in [0.2, 0.25) is 0 Å². The van der Waals surface area contributed by atoms with Crippen molar-refractivity contribution in [2.75, 3.05) is 6.61 Å². The van der Waals surface area contributed by atoms with Crippen LogP contribution < -0.4 is 0 Å². The van der Waals surface area contributed by atoms with Crippen LogP contribution in [0.5, 0.6) is 0 Å². The van der Waals surface area contributed by atoms with Gasteiger partial charge in [-0.15, -0.1) is 0 Å². The molecule has 1 fully saturated rings. The topological polar surface area (TPSA) is 81.5 Å². The van der Waals surface area contributed by atoms with Crippen molar-refractivity contribution in [3.8, 4) is 11.5 Å². The van der Waals surface area contributed by atoms with Gasteiger partial charge in [0.25, 0.3) is 5.89 Å². The average Bonchev–Trinajstić information content (AvgIpc) is 3.06. The Morgan fingerprint density at radius 1 is 1.45 bits per heavy atom. The lowest BCUT2D eigenvalue weighted by molar-refractivity contribution is -0.0604. The van der Waals surface area contributed by atoms with E-state index in [-0.39, 0.29) is 18.1 Å². The lowest BCUT2D eigenvalue weighted by Crippen LogP contribution is -2.33. The fourth-order valence-corrected chi connectivity index (χ4v) is 2.55. The zero-order valence-electron chi connectivity index (χ0n) is 11.6. The summed E-state index contributed by atoms with van der Waals surface area (Å²) in [6.07, 6.45) is 3.28. The van der Waals surface area contributed by atoms with Gasteiger partial charge in [-0.1, -0.05) is 5.16 Å². The maximum absolute atomic E-state index is 8.99. The SMILES string of the molecule is CC1(C)CC(c2noc(-c3coc(CO)c3)n2)CCO1. The molecular formula is C14H18N2O4. The molecular weight excluding hydrogens is 260 g/mol. The summed E-state index contributed by atoms with van der Waals surface area (Å²) in [4.78, 5) is 4.44. The molecule has 1 aliphatic heterocycles. The number of hydrogen-bond donors (Lipinski definition) is 1. The summed E-state index contributed by atoms with van der Waals surface area (Å²) in [5.74, 6) is 1.86. The zero-order valence-corrected chi connectivity index (χ0v) is 11.6. The first-order valence-corrected chi connectivity index (χ1v) is 6.73. The van der Waals surface area contributed by atoms with Crippen LogP contribution in [0.1, 0.15) is 44.2 Å². The van der Waals surface area contributed by atoms with Crippen molar-refractivity contribution in [1.82, 2.24) is 10.1 Å². The molecule has 1 saturated heterocycles. The first-order valence-electron chi connectivity index (χ1n) is 6.73. The average molecular weight is 278 g/mol. The van der Waals surface area contributed by atoms with Gasteiger partial charge in [-0.2, -0.15) is 4.98 Å². The number of aliphatic hydroxyl groups excluding tert-OH is 1. The Balaban J connectivity index is 1.79. The fourth-order valence-electron chi connectivity index (χ4n) is 2.55. The van der Waals surface area contributed by atoms with Gasteiger partial charge >= 0.3 is 0 Å². The van der Waals surface area contributed by atoms with Gasteiger partial charge in [-0.3, -0.25) is 0 Å². The van der Waals surface area contributed by atoms with E-state index in [9.17, 15) is 0 Å². The largest absolute Gasteiger partial charge is 0.466 e. The molecule has 6 nitrogen and oxygen atoms in total. The van der Waals surface area contributed by atoms with E-state index in [0.717, 1.165) is 12.8 Å². The number of rotatable bonds is 3. The summed E-state index contributed by atoms with van der Waals surface area (Å²) in [6.45, 7) is 4.71. The van der Waals surface area contributed by atoms with Gasteiger partial charge in [0.2, 0.25) is 0 Å². The van der Waals surface area contributed by atoms with E-state index < -0.39 is 0 Å². The number of aliphatic hydroxyl groups is 1. The van der Waals surface area contributed by atoms with Gasteiger partial charge < -0.3 is 18.8 Å². The Morgan fingerprint density at radius 3 is 3.00 bits per heavy atom. The Hall–Kier alpha value is -1.66. The third kappa shape index (κ3) is 2.62. The third-order valence-electron chi connectivity index (χ3n) is 3.56. The van der Waals surface area contributed by atoms with Gasteiger partial charge in [-0.25, -0.2) is 0 Å². The third-order valence-corrected chi connectivity index (χ3v) is 3.56. The molecule has 20 heavy (non-hydrogen) atoms. The van der Waals surface area contributed by atoms with E-state index in [1.54, 1.807) is 6.07 Å². The van der Waals surface area contributed by atoms with Gasteiger partial charge in [0.1, 0.15) is 18.6 Å². The summed E-state index contributed by atoms with van der Waals surface area (Å²) >= 11 is 0. The molecule has 2 aromatic rings. The lowest BCUT2D eigenvalue weighted by atomic mass is 9.88. The van der Waals surface area contributed by atoms with E-state index in [0.29, 0.717) is 29.6 Å². The van der Waals surface area contributed by atoms with E-state index in [4.69, 9.17) is 18.8 Å². The molecule has 6 heteroatoms. The molecule has 2 aromatic heterocycles. The quantitative estimate of drug-likeness (QED) is 0.929. The molecule has 0 saturated carbocycles. The second kappa shape index (κ2) is 5.03. The van der Waals surface area contributed by atoms with Crippen molar-refractivity contribution in [2.45, 2.75) is 44.8 Å². The van der Waals surface area contributed by atoms with Crippen LogP contribution in [0.3, 0.4) is 0 Å². The zero-order chi connectivity index (χ0) is 14.2. The highest BCUT2D eigenvalue weighted by molar-refractivity contribution is 5.51. The molecule has 1 atom stereocenters. The number of aromatic nitrogens is 2. The van der Waals surface area contributed by atoms with Crippen molar-refractivity contribution >= 4 is 0 Å². The first kappa shape index (κ1) is 13.3. The highest BCUT2D eigenvalue weighted by Crippen LogP contribution is 2.35. The maximum Gasteiger partial charge on any atom is 0.261 e. The van der Waals surface area contributed by atoms with Gasteiger partial charge in [-0.05, 0) is 32.8 Å². The summed E-state index contributed by atoms with van der Waals surface area (Å²) in [5.41, 5.74) is 0.544. The van der Waals surface area contributed by atoms with Crippen molar-refractivity contribution in [3.05, 3.63) is 23.9 Å². The molecule has 0 radical (unpaired) electrons. The van der Waals surface area contributed by atoms with E-state index in [2.05, 4.69) is 24.0 Å². The Morgan fingerprint density at radius 2 is 2.30 bits per heavy atom. The molecule has 1 aliphatic rings. The smallest absolute Gasteiger partial charge is 0.261 e. The summed E-state index contributed by atoms with van der Waals surface area (Å²) in [6, 6.07) is 1.70. The second-order valence-electron chi connectivity index (χ2n) is 5.72. The van der Waals surface area contributed by atoms with Crippen LogP contribution in [0.25, 0.3) is 11.5 Å². The Kier molecular flexibility index (Phi) is 3.35. The number of ether oxygens (including phenoxy) is 1. The maximum atomic E-state index is 8.99. The fraction of sp³-hybridized carbons (Fsp3) is 0.571. The Labute approximate surface area is 116 Å². The normalized spacial score (nSPS) is 22.1. The molecule has 0 aliphatic carbocycles. The van der Waals surface area contributed by atoms with E-state index in [1.807, 2.05) is 0 Å². The summed E-state index contributed by atoms with van der Waals surface area (Å²) < 4.78 is 16.1. The standard InChI is InChI=1S/C14H18N2O4/c1-14(2)6-9(3-4-19-14)12-15-13(20-16-12)10-5-11(7-17)18-8-10/h5,8-9,17H,3-4,6-7H2,1-2H3. The van der Waals surface area contributed by atoms with Gasteiger partial charge in [0, 0.05) is 12.5 Å². The van der Waals surface area contributed by atoms with Crippen molar-refractivity contribution in [3.63, 3.8) is 0 Å². The Bertz CT molecular complexity index is 588. The first-order chi connectivity index (χ1) is 9.57. The van der Waals surface area contributed by atoms with Crippen LogP contribution in [0.4, 0.5) is 0 Å². The minimum atomic E-state index is -0.149. The molecule has 3 rings (SSSR count). The minimum Gasteiger partial charge on any atom is -0.466 e. The van der Waals surface area contributed by atoms with Crippen LogP contribution in [-0.2, 0) is 11.3 Å². The number of hydrogen-bond acceptors (Lipinski definition) is 6. The molecule has 1 unspecified atom stereocenters. The highest BCUT2D eigenvalue weighted by Gasteiger charge is 2.32. The molecule has 0 amide bonds. The summed E-state index contributed by atoms with van der Waals surface area (Å²) in [7, 11) is 0. The number of nitrogens with zero attached hydrogens (tertiary/aromatic N) is 2. The van der Waals surface area contributed by atoms with E-state index in [1.165, 1.54) is 6.26 Å². The molecule has 108 valence electrons. The monoisotopic (exact) mass is 278 g/mol. The highest BCUT2D eigenvalue weighted by atomic mass is 16.5. The molecule has 1 N–H and O–H groups in total. The van der Waals surface area contributed by atoms with Crippen LogP contribution in [0.15, 0.2) is 21.3 Å². The minimum absolute atomic E-state index is 0.144. The predicted octanol–water partition coefficient (Wildman–Crippen LogP) is 2.49. The molecule has 3 heterocycles. The molecule has 0 aromatic carbocycles. The van der Waals surface area contributed by atoms with E-state index >= 15 is 0 Å². The lowest BCUT2D eigenvalue weighted by Gasteiger charge is -2.34. The van der Waals surface area contributed by atoms with Crippen LogP contribution >= 0.6 is 0 Å². The van der Waals surface area contributed by atoms with Gasteiger partial charge in [0.05, 0.1) is 11.2 Å². The van der Waals surface area contributed by atoms with Crippen molar-refractivity contribution in [1.29, 1.82) is 0 Å². The second-order valence-corrected chi connectivity index (χ2v) is 5.72. The molecule has 0 bridgehead atoms. The van der Waals surface area contributed by atoms with Crippen LogP contribution in [-0.4, -0.2) is 27.5 Å². The van der Waals surface area contributed by atoms with Crippen LogP contribution in [0, 0.1) is 0 Å². The summed E-state index contributed by atoms with van der Waals surface area (Å²) in [5, 5.41) is 13.1. The molecule has 0 spiro atoms. The van der Waals surface area contributed by atoms with Gasteiger partial charge in [0.15, 0.2) is 5.82 Å².